The van der Waals surface area contributed by atoms with Crippen LogP contribution in [0.3, 0.4) is 0 Å². The maximum absolute atomic E-state index is 13.5. The van der Waals surface area contributed by atoms with Crippen molar-refractivity contribution in [3.8, 4) is 0 Å². The monoisotopic (exact) mass is 317 g/mol. The lowest BCUT2D eigenvalue weighted by molar-refractivity contribution is 0.0882. The van der Waals surface area contributed by atoms with Crippen molar-refractivity contribution >= 4 is 21.8 Å². The topological polar surface area (TPSA) is 38.3 Å². The number of amides is 1. The molecule has 0 radical (unpaired) electrons. The Hall–Kier alpha value is -0.940. The molecule has 3 nitrogen and oxygen atoms in total. The van der Waals surface area contributed by atoms with Crippen LogP contribution in [0.2, 0.25) is 0 Å². The molecule has 0 aliphatic carbocycles. The second-order valence-corrected chi connectivity index (χ2v) is 5.18. The molecule has 0 spiro atoms. The van der Waals surface area contributed by atoms with Crippen molar-refractivity contribution in [3.63, 3.8) is 0 Å². The highest BCUT2D eigenvalue weighted by molar-refractivity contribution is 9.10. The Balaban J connectivity index is 2.41. The number of carbonyl (C=O) groups is 1. The molecule has 1 amide bonds. The first kappa shape index (κ1) is 15.1. The molecule has 0 unspecified atom stereocenters. The normalized spacial score (nSPS) is 10.7. The Morgan fingerprint density at radius 1 is 1.50 bits per heavy atom. The number of carbonyl (C=O) groups excluding carboxylic acids is 1. The second-order valence-electron chi connectivity index (χ2n) is 4.32. The van der Waals surface area contributed by atoms with Crippen LogP contribution in [0.1, 0.15) is 24.2 Å². The van der Waals surface area contributed by atoms with Gasteiger partial charge in [0.1, 0.15) is 5.82 Å². The van der Waals surface area contributed by atoms with Crippen LogP contribution < -0.4 is 5.32 Å². The first-order valence-electron chi connectivity index (χ1n) is 5.82. The Kier molecular flexibility index (Phi) is 6.29. The predicted molar refractivity (Wildman–Crippen MR) is 72.1 cm³/mol. The van der Waals surface area contributed by atoms with Gasteiger partial charge in [-0.25, -0.2) is 4.39 Å². The van der Waals surface area contributed by atoms with E-state index in [1.165, 1.54) is 6.07 Å². The van der Waals surface area contributed by atoms with E-state index in [0.717, 1.165) is 0 Å². The second kappa shape index (κ2) is 7.48. The lowest BCUT2D eigenvalue weighted by atomic mass is 10.2. The third kappa shape index (κ3) is 4.74. The summed E-state index contributed by atoms with van der Waals surface area (Å²) >= 11 is 3.16. The minimum absolute atomic E-state index is 0.0290. The number of halogens is 2. The van der Waals surface area contributed by atoms with Gasteiger partial charge in [-0.05, 0) is 34.0 Å². The molecule has 0 fully saturated rings. The summed E-state index contributed by atoms with van der Waals surface area (Å²) in [6, 6.07) is 4.43. The van der Waals surface area contributed by atoms with Crippen LogP contribution in [0.5, 0.6) is 0 Å². The van der Waals surface area contributed by atoms with E-state index in [4.69, 9.17) is 4.74 Å². The van der Waals surface area contributed by atoms with Gasteiger partial charge >= 0.3 is 0 Å². The zero-order valence-corrected chi connectivity index (χ0v) is 12.1. The fourth-order valence-electron chi connectivity index (χ4n) is 1.36. The van der Waals surface area contributed by atoms with Gasteiger partial charge < -0.3 is 10.1 Å². The summed E-state index contributed by atoms with van der Waals surface area (Å²) in [7, 11) is 0. The molecule has 0 saturated heterocycles. The number of benzene rings is 1. The third-order valence-electron chi connectivity index (χ3n) is 2.17. The van der Waals surface area contributed by atoms with Crippen LogP contribution in [-0.4, -0.2) is 25.7 Å². The van der Waals surface area contributed by atoms with Gasteiger partial charge in [-0.1, -0.05) is 19.9 Å². The van der Waals surface area contributed by atoms with E-state index in [2.05, 4.69) is 35.1 Å². The van der Waals surface area contributed by atoms with Crippen molar-refractivity contribution in [2.75, 3.05) is 19.8 Å². The quantitative estimate of drug-likeness (QED) is 0.819. The summed E-state index contributed by atoms with van der Waals surface area (Å²) in [6.07, 6.45) is 0. The molecule has 100 valence electrons. The zero-order chi connectivity index (χ0) is 13.5. The molecule has 1 aromatic rings. The van der Waals surface area contributed by atoms with Gasteiger partial charge in [0.25, 0.3) is 5.91 Å². The van der Waals surface area contributed by atoms with E-state index in [-0.39, 0.29) is 5.56 Å². The van der Waals surface area contributed by atoms with Gasteiger partial charge in [0.15, 0.2) is 0 Å². The Labute approximate surface area is 115 Å². The Morgan fingerprint density at radius 3 is 2.83 bits per heavy atom. The van der Waals surface area contributed by atoms with E-state index in [9.17, 15) is 9.18 Å². The standard InChI is InChI=1S/C13H17BrFNO2/c1-9(2)8-18-7-6-16-13(17)12-10(14)4-3-5-11(12)15/h3-5,9H,6-8H2,1-2H3,(H,16,17). The third-order valence-corrected chi connectivity index (χ3v) is 2.83. The lowest BCUT2D eigenvalue weighted by Crippen LogP contribution is -2.28. The van der Waals surface area contributed by atoms with E-state index in [0.29, 0.717) is 30.1 Å². The molecular formula is C13H17BrFNO2. The summed E-state index contributed by atoms with van der Waals surface area (Å²) in [5.74, 6) is -0.514. The molecule has 5 heteroatoms. The highest BCUT2D eigenvalue weighted by Crippen LogP contribution is 2.19. The molecule has 0 aliphatic heterocycles. The van der Waals surface area contributed by atoms with Crippen LogP contribution in [0.15, 0.2) is 22.7 Å². The van der Waals surface area contributed by atoms with Crippen molar-refractivity contribution in [3.05, 3.63) is 34.1 Å². The van der Waals surface area contributed by atoms with Gasteiger partial charge in [-0.2, -0.15) is 0 Å². The van der Waals surface area contributed by atoms with Gasteiger partial charge in [0, 0.05) is 17.6 Å². The van der Waals surface area contributed by atoms with Crippen molar-refractivity contribution in [1.82, 2.24) is 5.32 Å². The first-order valence-corrected chi connectivity index (χ1v) is 6.61. The highest BCUT2D eigenvalue weighted by atomic mass is 79.9. The van der Waals surface area contributed by atoms with E-state index >= 15 is 0 Å². The molecule has 0 atom stereocenters. The molecule has 1 aromatic carbocycles. The zero-order valence-electron chi connectivity index (χ0n) is 10.5. The minimum atomic E-state index is -0.537. The smallest absolute Gasteiger partial charge is 0.255 e. The maximum atomic E-state index is 13.5. The number of rotatable bonds is 6. The fraction of sp³-hybridized carbons (Fsp3) is 0.462. The van der Waals surface area contributed by atoms with Crippen LogP contribution >= 0.6 is 15.9 Å². The van der Waals surface area contributed by atoms with Gasteiger partial charge in [0.2, 0.25) is 0 Å². The number of hydrogen-bond donors (Lipinski definition) is 1. The van der Waals surface area contributed by atoms with Crippen molar-refractivity contribution in [2.24, 2.45) is 5.92 Å². The number of nitrogens with one attached hydrogen (secondary N) is 1. The van der Waals surface area contributed by atoms with Crippen LogP contribution in [-0.2, 0) is 4.74 Å². The SMILES string of the molecule is CC(C)COCCNC(=O)c1c(F)cccc1Br. The van der Waals surface area contributed by atoms with Crippen molar-refractivity contribution < 1.29 is 13.9 Å². The molecule has 1 N–H and O–H groups in total. The van der Waals surface area contributed by atoms with Gasteiger partial charge in [0.05, 0.1) is 12.2 Å². The largest absolute Gasteiger partial charge is 0.379 e. The average Bonchev–Trinajstić information content (AvgIpc) is 2.27. The molecular weight excluding hydrogens is 301 g/mol. The summed E-state index contributed by atoms with van der Waals surface area (Å²) in [4.78, 5) is 11.7. The van der Waals surface area contributed by atoms with E-state index in [1.54, 1.807) is 12.1 Å². The lowest BCUT2D eigenvalue weighted by Gasteiger charge is -2.09. The van der Waals surface area contributed by atoms with Crippen LogP contribution in [0.4, 0.5) is 4.39 Å². The van der Waals surface area contributed by atoms with Crippen molar-refractivity contribution in [2.45, 2.75) is 13.8 Å². The van der Waals surface area contributed by atoms with E-state index < -0.39 is 11.7 Å². The first-order chi connectivity index (χ1) is 8.52. The Morgan fingerprint density at radius 2 is 2.22 bits per heavy atom. The maximum Gasteiger partial charge on any atom is 0.255 e. The van der Waals surface area contributed by atoms with Crippen molar-refractivity contribution in [1.29, 1.82) is 0 Å². The van der Waals surface area contributed by atoms with E-state index in [1.807, 2.05) is 0 Å². The number of ether oxygens (including phenoxy) is 1. The van der Waals surface area contributed by atoms with Crippen LogP contribution in [0.25, 0.3) is 0 Å². The molecule has 0 saturated carbocycles. The summed E-state index contributed by atoms with van der Waals surface area (Å²) < 4.78 is 19.2. The fourth-order valence-corrected chi connectivity index (χ4v) is 1.88. The molecule has 18 heavy (non-hydrogen) atoms. The molecule has 0 aromatic heterocycles. The Bertz CT molecular complexity index is 390. The molecule has 0 aliphatic rings. The average molecular weight is 318 g/mol. The van der Waals surface area contributed by atoms with Crippen LogP contribution in [0, 0.1) is 11.7 Å². The predicted octanol–water partition coefficient (Wildman–Crippen LogP) is 2.99. The molecule has 0 heterocycles. The summed E-state index contributed by atoms with van der Waals surface area (Å²) in [6.45, 7) is 5.55. The summed E-state index contributed by atoms with van der Waals surface area (Å²) in [5, 5.41) is 2.62. The van der Waals surface area contributed by atoms with Gasteiger partial charge in [-0.3, -0.25) is 4.79 Å². The minimum Gasteiger partial charge on any atom is -0.379 e. The summed E-state index contributed by atoms with van der Waals surface area (Å²) in [5.41, 5.74) is 0.0290. The highest BCUT2D eigenvalue weighted by Gasteiger charge is 2.14. The molecule has 0 bridgehead atoms. The molecule has 1 rings (SSSR count). The number of hydrogen-bond acceptors (Lipinski definition) is 2. The van der Waals surface area contributed by atoms with Gasteiger partial charge in [-0.15, -0.1) is 0 Å².